The number of nitrogens with zero attached hydrogens (tertiary/aromatic N) is 1. The number of carboxylic acids is 1. The fourth-order valence-corrected chi connectivity index (χ4v) is 2.99. The molecule has 3 N–H and O–H groups in total. The number of fused-ring (bicyclic) bond motifs is 1. The van der Waals surface area contributed by atoms with Crippen molar-refractivity contribution in [2.75, 3.05) is 11.4 Å². The Bertz CT molecular complexity index is 581. The smallest absolute Gasteiger partial charge is 0.335 e. The van der Waals surface area contributed by atoms with E-state index in [0.717, 1.165) is 36.9 Å². The summed E-state index contributed by atoms with van der Waals surface area (Å²) >= 11 is 0. The molecular formula is C16H20N2O3. The second-order valence-electron chi connectivity index (χ2n) is 6.00. The van der Waals surface area contributed by atoms with Crippen molar-refractivity contribution in [2.45, 2.75) is 38.1 Å². The van der Waals surface area contributed by atoms with Crippen LogP contribution in [0.3, 0.4) is 0 Å². The quantitative estimate of drug-likeness (QED) is 0.884. The van der Waals surface area contributed by atoms with Crippen molar-refractivity contribution in [3.05, 3.63) is 29.3 Å². The van der Waals surface area contributed by atoms with Crippen molar-refractivity contribution >= 4 is 17.6 Å². The Hall–Kier alpha value is -1.88. The number of carbonyl (C=O) groups is 2. The molecule has 1 atom stereocenters. The highest BCUT2D eigenvalue weighted by Gasteiger charge is 2.32. The van der Waals surface area contributed by atoms with Crippen LogP contribution in [0.5, 0.6) is 0 Å². The van der Waals surface area contributed by atoms with Crippen LogP contribution < -0.4 is 10.6 Å². The second-order valence-corrected chi connectivity index (χ2v) is 6.00. The maximum Gasteiger partial charge on any atom is 0.335 e. The minimum atomic E-state index is -0.933. The zero-order valence-electron chi connectivity index (χ0n) is 11.9. The zero-order valence-corrected chi connectivity index (χ0v) is 11.9. The molecule has 1 aromatic carbocycles. The molecule has 1 aromatic rings. The molecule has 3 rings (SSSR count). The maximum atomic E-state index is 12.5. The molecule has 1 unspecified atom stereocenters. The molecule has 21 heavy (non-hydrogen) atoms. The van der Waals surface area contributed by atoms with E-state index < -0.39 is 5.97 Å². The van der Waals surface area contributed by atoms with Crippen LogP contribution in [0, 0.1) is 5.92 Å². The van der Waals surface area contributed by atoms with Crippen LogP contribution in [-0.4, -0.2) is 29.6 Å². The number of rotatable bonds is 4. The third-order valence-electron chi connectivity index (χ3n) is 4.38. The number of anilines is 1. The van der Waals surface area contributed by atoms with E-state index in [1.165, 1.54) is 0 Å². The summed E-state index contributed by atoms with van der Waals surface area (Å²) in [5, 5.41) is 9.05. The molecule has 5 heteroatoms. The fraction of sp³-hybridized carbons (Fsp3) is 0.500. The van der Waals surface area contributed by atoms with Gasteiger partial charge in [-0.2, -0.15) is 0 Å². The molecule has 1 aliphatic heterocycles. The maximum absolute atomic E-state index is 12.5. The number of benzene rings is 1. The van der Waals surface area contributed by atoms with Gasteiger partial charge in [-0.1, -0.05) is 0 Å². The van der Waals surface area contributed by atoms with Gasteiger partial charge in [-0.15, -0.1) is 0 Å². The summed E-state index contributed by atoms with van der Waals surface area (Å²) in [5.74, 6) is -0.372. The van der Waals surface area contributed by atoms with E-state index in [1.54, 1.807) is 23.1 Å². The number of amides is 1. The Morgan fingerprint density at radius 1 is 1.38 bits per heavy atom. The number of nitrogens with two attached hydrogens (primary N) is 1. The van der Waals surface area contributed by atoms with E-state index in [0.29, 0.717) is 18.9 Å². The van der Waals surface area contributed by atoms with Crippen molar-refractivity contribution in [2.24, 2.45) is 11.7 Å². The first-order valence-electron chi connectivity index (χ1n) is 7.48. The molecule has 0 bridgehead atoms. The summed E-state index contributed by atoms with van der Waals surface area (Å²) in [6, 6.07) is 4.95. The molecule has 2 aliphatic rings. The molecule has 0 aromatic heterocycles. The average molecular weight is 288 g/mol. The predicted octanol–water partition coefficient (Wildman–Crippen LogP) is 1.79. The molecular weight excluding hydrogens is 268 g/mol. The molecule has 1 heterocycles. The Kier molecular flexibility index (Phi) is 3.68. The fourth-order valence-electron chi connectivity index (χ4n) is 2.99. The number of carboxylic acid groups (broad SMARTS) is 1. The Balaban J connectivity index is 1.79. The second kappa shape index (κ2) is 5.48. The van der Waals surface area contributed by atoms with Gasteiger partial charge in [0.25, 0.3) is 0 Å². The van der Waals surface area contributed by atoms with Crippen LogP contribution in [-0.2, 0) is 11.2 Å². The summed E-state index contributed by atoms with van der Waals surface area (Å²) in [6.07, 6.45) is 4.32. The first kappa shape index (κ1) is 14.1. The van der Waals surface area contributed by atoms with Gasteiger partial charge >= 0.3 is 5.97 Å². The lowest BCUT2D eigenvalue weighted by Gasteiger charge is -2.30. The van der Waals surface area contributed by atoms with E-state index in [2.05, 4.69) is 0 Å². The number of carbonyl (C=O) groups excluding carboxylic acids is 1. The van der Waals surface area contributed by atoms with Gasteiger partial charge in [0.2, 0.25) is 5.91 Å². The van der Waals surface area contributed by atoms with Gasteiger partial charge < -0.3 is 15.7 Å². The third kappa shape index (κ3) is 2.93. The van der Waals surface area contributed by atoms with Gasteiger partial charge in [0.1, 0.15) is 0 Å². The summed E-state index contributed by atoms with van der Waals surface area (Å²) in [5.41, 5.74) is 8.11. The largest absolute Gasteiger partial charge is 0.478 e. The number of hydrogen-bond donors (Lipinski definition) is 2. The Morgan fingerprint density at radius 2 is 2.14 bits per heavy atom. The average Bonchev–Trinajstić information content (AvgIpc) is 3.30. The lowest BCUT2D eigenvalue weighted by atomic mass is 9.98. The summed E-state index contributed by atoms with van der Waals surface area (Å²) in [7, 11) is 0. The Labute approximate surface area is 123 Å². The highest BCUT2D eigenvalue weighted by Crippen LogP contribution is 2.34. The zero-order chi connectivity index (χ0) is 15.0. The Morgan fingerprint density at radius 3 is 2.81 bits per heavy atom. The van der Waals surface area contributed by atoms with Crippen LogP contribution in [0.1, 0.15) is 41.6 Å². The molecule has 0 spiro atoms. The SMILES string of the molecule is NC(CC(=O)N1CCCc2cc(C(=O)O)ccc21)C1CC1. The summed E-state index contributed by atoms with van der Waals surface area (Å²) in [6.45, 7) is 0.690. The van der Waals surface area contributed by atoms with E-state index >= 15 is 0 Å². The molecule has 0 radical (unpaired) electrons. The minimum absolute atomic E-state index is 0.0406. The summed E-state index contributed by atoms with van der Waals surface area (Å²) in [4.78, 5) is 25.3. The minimum Gasteiger partial charge on any atom is -0.478 e. The van der Waals surface area contributed by atoms with Crippen LogP contribution >= 0.6 is 0 Å². The monoisotopic (exact) mass is 288 g/mol. The molecule has 0 saturated heterocycles. The lowest BCUT2D eigenvalue weighted by molar-refractivity contribution is -0.119. The van der Waals surface area contributed by atoms with E-state index in [-0.39, 0.29) is 17.5 Å². The van der Waals surface area contributed by atoms with E-state index in [4.69, 9.17) is 10.8 Å². The summed E-state index contributed by atoms with van der Waals surface area (Å²) < 4.78 is 0. The molecule has 5 nitrogen and oxygen atoms in total. The van der Waals surface area contributed by atoms with Crippen LogP contribution in [0.4, 0.5) is 5.69 Å². The molecule has 1 saturated carbocycles. The van der Waals surface area contributed by atoms with E-state index in [1.807, 2.05) is 0 Å². The topological polar surface area (TPSA) is 83.6 Å². The molecule has 1 fully saturated rings. The van der Waals surface area contributed by atoms with E-state index in [9.17, 15) is 9.59 Å². The van der Waals surface area contributed by atoms with Crippen molar-refractivity contribution in [1.29, 1.82) is 0 Å². The van der Waals surface area contributed by atoms with Crippen molar-refractivity contribution in [3.8, 4) is 0 Å². The lowest BCUT2D eigenvalue weighted by Crippen LogP contribution is -2.39. The van der Waals surface area contributed by atoms with Gasteiger partial charge in [0.05, 0.1) is 5.56 Å². The van der Waals surface area contributed by atoms with Crippen LogP contribution in [0.15, 0.2) is 18.2 Å². The first-order chi connectivity index (χ1) is 10.1. The van der Waals surface area contributed by atoms with Crippen LogP contribution in [0.25, 0.3) is 0 Å². The van der Waals surface area contributed by atoms with Gasteiger partial charge in [-0.05, 0) is 55.4 Å². The van der Waals surface area contributed by atoms with Gasteiger partial charge in [-0.3, -0.25) is 4.79 Å². The molecule has 112 valence electrons. The van der Waals surface area contributed by atoms with Crippen LogP contribution in [0.2, 0.25) is 0 Å². The number of aryl methyl sites for hydroxylation is 1. The predicted molar refractivity (Wildman–Crippen MR) is 79.4 cm³/mol. The highest BCUT2D eigenvalue weighted by molar-refractivity contribution is 5.96. The highest BCUT2D eigenvalue weighted by atomic mass is 16.4. The number of hydrogen-bond acceptors (Lipinski definition) is 3. The molecule has 1 aliphatic carbocycles. The third-order valence-corrected chi connectivity index (χ3v) is 4.38. The normalized spacial score (nSPS) is 19.0. The van der Waals surface area contributed by atoms with Gasteiger partial charge in [0, 0.05) is 24.7 Å². The van der Waals surface area contributed by atoms with Crippen molar-refractivity contribution in [1.82, 2.24) is 0 Å². The van der Waals surface area contributed by atoms with Gasteiger partial charge in [-0.25, -0.2) is 4.79 Å². The standard InChI is InChI=1S/C16H20N2O3/c17-13(10-3-4-10)9-15(19)18-7-1-2-11-8-12(16(20)21)5-6-14(11)18/h5-6,8,10,13H,1-4,7,9,17H2,(H,20,21). The first-order valence-corrected chi connectivity index (χ1v) is 7.48. The molecule has 1 amide bonds. The van der Waals surface area contributed by atoms with Gasteiger partial charge in [0.15, 0.2) is 0 Å². The van der Waals surface area contributed by atoms with Crippen molar-refractivity contribution < 1.29 is 14.7 Å². The number of aromatic carboxylic acids is 1. The van der Waals surface area contributed by atoms with Crippen molar-refractivity contribution in [3.63, 3.8) is 0 Å².